The van der Waals surface area contributed by atoms with Gasteiger partial charge in [0, 0.05) is 51.1 Å². The van der Waals surface area contributed by atoms with Gasteiger partial charge in [-0.25, -0.2) is 17.9 Å². The largest absolute Gasteiger partial charge is 0.490 e. The smallest absolute Gasteiger partial charge is 0.329 e. The number of rotatable bonds is 39. The second kappa shape index (κ2) is 41.2. The molecule has 2 aliphatic heterocycles. The highest BCUT2D eigenvalue weighted by atomic mass is 32.2. The molecule has 0 radical (unpaired) electrons. The van der Waals surface area contributed by atoms with Gasteiger partial charge >= 0.3 is 5.97 Å². The first-order valence-electron chi connectivity index (χ1n) is 42.6. The van der Waals surface area contributed by atoms with E-state index in [-0.39, 0.29) is 82.6 Å². The summed E-state index contributed by atoms with van der Waals surface area (Å²) in [5.74, 6) is -6.25. The van der Waals surface area contributed by atoms with Gasteiger partial charge in [-0.3, -0.25) is 47.9 Å². The van der Waals surface area contributed by atoms with Crippen LogP contribution in [0.5, 0.6) is 11.5 Å². The molecule has 3 aliphatic rings. The van der Waals surface area contributed by atoms with E-state index < -0.39 is 151 Å². The molecule has 10 rings (SSSR count). The Labute approximate surface area is 722 Å². The van der Waals surface area contributed by atoms with Gasteiger partial charge in [0.1, 0.15) is 78.6 Å². The zero-order valence-electron chi connectivity index (χ0n) is 73.3. The second-order valence-electron chi connectivity index (χ2n) is 36.2. The average Bonchev–Trinajstić information content (AvgIpc) is 1.65. The summed E-state index contributed by atoms with van der Waals surface area (Å²) in [6, 6.07) is 28.6. The van der Waals surface area contributed by atoms with Crippen LogP contribution in [0.3, 0.4) is 0 Å². The number of ether oxygens (including phenoxy) is 3. The van der Waals surface area contributed by atoms with Crippen molar-refractivity contribution in [3.05, 3.63) is 193 Å². The number of likely N-dealkylation sites (tertiary alicyclic amines) is 2. The maximum absolute atomic E-state index is 15.7. The van der Waals surface area contributed by atoms with Crippen molar-refractivity contribution in [2.75, 3.05) is 26.7 Å². The first-order valence-corrected chi connectivity index (χ1v) is 44.2. The van der Waals surface area contributed by atoms with Crippen molar-refractivity contribution in [2.24, 2.45) is 28.6 Å². The molecule has 9 amide bonds. The Balaban J connectivity index is 0.919. The number of carbonyl (C=O) groups is 10. The SMILES string of the molecule is C=CCOc1ccc(CC(NC(=O)C(Cc2ccc3ccccc3c2)NC(=O)C2CC(n3nncc3COc3ccc(CC(NC(=O)C(Cc4ccc5ccccc5c4)NC(=O)C4CC(CC=C)CN4C(=O)C(NC(=O)C(C)NC)C(C)(C)C)C(=O)NS(=O)(=O)C4CC4)cc3)CN2C(=O)C(NC(=O)C(C)C(C)CCC)C(C)(C)C)C(=O)OC(C)(C)C)cc1. The number of allylic oxidation sites excluding steroid dienone is 1. The molecule has 13 unspecified atom stereocenters. The van der Waals surface area contributed by atoms with E-state index in [2.05, 4.69) is 65.4 Å². The van der Waals surface area contributed by atoms with Crippen LogP contribution in [0, 0.1) is 28.6 Å². The molecule has 660 valence electrons. The van der Waals surface area contributed by atoms with E-state index in [0.29, 0.717) is 58.7 Å². The number of hydrogen-bond acceptors (Lipinski definition) is 18. The van der Waals surface area contributed by atoms with Crippen molar-refractivity contribution in [2.45, 2.75) is 239 Å². The number of nitrogens with zero attached hydrogens (tertiary/aromatic N) is 5. The Bertz CT molecular complexity index is 5070. The number of sulfonamides is 1. The van der Waals surface area contributed by atoms with E-state index >= 15 is 24.0 Å². The lowest BCUT2D eigenvalue weighted by atomic mass is 9.84. The number of benzene rings is 6. The number of amides is 9. The van der Waals surface area contributed by atoms with Gasteiger partial charge in [-0.2, -0.15) is 0 Å². The third kappa shape index (κ3) is 25.4. The minimum Gasteiger partial charge on any atom is -0.490 e. The van der Waals surface area contributed by atoms with Crippen molar-refractivity contribution in [3.8, 4) is 11.5 Å². The highest BCUT2D eigenvalue weighted by molar-refractivity contribution is 7.91. The molecule has 13 atom stereocenters. The molecule has 0 bridgehead atoms. The van der Waals surface area contributed by atoms with Crippen LogP contribution in [0.25, 0.3) is 21.5 Å². The van der Waals surface area contributed by atoms with Crippen LogP contribution >= 0.6 is 0 Å². The first-order chi connectivity index (χ1) is 58.2. The maximum atomic E-state index is 15.7. The van der Waals surface area contributed by atoms with E-state index in [1.54, 1.807) is 100 Å². The summed E-state index contributed by atoms with van der Waals surface area (Å²) in [6.07, 6.45) is 7.29. The summed E-state index contributed by atoms with van der Waals surface area (Å²) in [5.41, 5.74) is 0.198. The van der Waals surface area contributed by atoms with Crippen LogP contribution in [0.1, 0.15) is 169 Å². The number of esters is 1. The topological polar surface area (TPSA) is 366 Å². The monoisotopic (exact) mass is 1710 g/mol. The number of carbonyl (C=O) groups excluding carboxylic acids is 10. The summed E-state index contributed by atoms with van der Waals surface area (Å²) in [5, 5.41) is 32.2. The summed E-state index contributed by atoms with van der Waals surface area (Å²) in [6.45, 7) is 31.4. The van der Waals surface area contributed by atoms with Crippen LogP contribution in [0.4, 0.5) is 0 Å². The van der Waals surface area contributed by atoms with Crippen LogP contribution in [0.2, 0.25) is 0 Å². The predicted octanol–water partition coefficient (Wildman–Crippen LogP) is 9.57. The fourth-order valence-electron chi connectivity index (χ4n) is 15.6. The molecule has 7 aromatic rings. The van der Waals surface area contributed by atoms with E-state index in [9.17, 15) is 32.4 Å². The number of nitrogens with one attached hydrogen (secondary N) is 8. The molecule has 6 aromatic carbocycles. The Kier molecular flexibility index (Phi) is 31.5. The van der Waals surface area contributed by atoms with E-state index in [1.165, 1.54) is 16.0 Å². The predicted molar refractivity (Wildman–Crippen MR) is 471 cm³/mol. The summed E-state index contributed by atoms with van der Waals surface area (Å²) >= 11 is 0. The summed E-state index contributed by atoms with van der Waals surface area (Å²) in [7, 11) is -2.55. The molecule has 0 spiro atoms. The highest BCUT2D eigenvalue weighted by Crippen LogP contribution is 2.36. The van der Waals surface area contributed by atoms with Gasteiger partial charge in [-0.05, 0) is 151 Å². The fraction of sp³-hybridized carbons (Fsp3) is 0.489. The lowest BCUT2D eigenvalue weighted by molar-refractivity contribution is -0.158. The van der Waals surface area contributed by atoms with E-state index in [1.807, 2.05) is 147 Å². The standard InChI is InChI=1S/C94H123N13O15S/c1-17-24-57(4)58(5)82(108)101-80(92(7,8)9)90(116)106-55-69(52-79(106)88(114)99-75(50-63-31-37-66-27-21-23-29-68(66)46-63)85(111)100-77(91(117)122-94(13,14)15)48-61-32-38-71(39-33-61)120-44-19-3)107-70(53-96-104-107)56-121-72-40-34-60(35-41-72)47-76(86(112)103-123(118,119)73-42-43-73)97-84(110)74(49-62-30-36-65-26-20-22-28-67(65)45-62)98-87(113)78-51-64(25-18-2)54-105(78)89(115)81(93(10,11)12)102-83(109)59(6)95-16/h18-23,26-41,45-46,53,57-59,64,69,73-81,95H,2-3,17,24-25,42-44,47-52,54-56H2,1,4-16H3,(H,97,110)(H,98,113)(H,99,114)(H,100,111)(H,101,108)(H,102,109)(H,103,112). The van der Waals surface area contributed by atoms with Crippen molar-refractivity contribution in [3.63, 3.8) is 0 Å². The maximum Gasteiger partial charge on any atom is 0.329 e. The van der Waals surface area contributed by atoms with Crippen LogP contribution < -0.4 is 51.4 Å². The van der Waals surface area contributed by atoms with Gasteiger partial charge in [-0.1, -0.05) is 208 Å². The highest BCUT2D eigenvalue weighted by Gasteiger charge is 2.49. The van der Waals surface area contributed by atoms with Crippen LogP contribution in [-0.4, -0.2) is 184 Å². The third-order valence-corrected chi connectivity index (χ3v) is 24.9. The molecule has 1 saturated carbocycles. The molecule has 3 heterocycles. The zero-order valence-corrected chi connectivity index (χ0v) is 74.1. The lowest BCUT2D eigenvalue weighted by Gasteiger charge is -2.36. The van der Waals surface area contributed by atoms with Gasteiger partial charge in [0.05, 0.1) is 29.2 Å². The van der Waals surface area contributed by atoms with Crippen molar-refractivity contribution in [1.29, 1.82) is 0 Å². The lowest BCUT2D eigenvalue weighted by Crippen LogP contribution is -2.61. The minimum absolute atomic E-state index is 0.00232. The fourth-order valence-corrected chi connectivity index (χ4v) is 17.0. The minimum atomic E-state index is -4.18. The molecular weight excluding hydrogens is 1580 g/mol. The Morgan fingerprint density at radius 1 is 0.545 bits per heavy atom. The molecule has 3 fully saturated rings. The molecule has 28 nitrogen and oxygen atoms in total. The van der Waals surface area contributed by atoms with Crippen molar-refractivity contribution >= 4 is 90.7 Å². The van der Waals surface area contributed by atoms with Gasteiger partial charge < -0.3 is 61.2 Å². The van der Waals surface area contributed by atoms with Crippen LogP contribution in [0.15, 0.2) is 165 Å². The summed E-state index contributed by atoms with van der Waals surface area (Å²) < 4.78 is 49.0. The third-order valence-electron chi connectivity index (χ3n) is 23.1. The Hall–Kier alpha value is -11.3. The molecular formula is C94H123N13O15S. The number of fused-ring (bicyclic) bond motifs is 2. The van der Waals surface area contributed by atoms with Gasteiger partial charge in [-0.15, -0.1) is 11.7 Å². The van der Waals surface area contributed by atoms with Gasteiger partial charge in [0.2, 0.25) is 57.3 Å². The van der Waals surface area contributed by atoms with Crippen molar-refractivity contribution < 1.29 is 70.6 Å². The number of aromatic nitrogens is 3. The van der Waals surface area contributed by atoms with E-state index in [4.69, 9.17) is 14.2 Å². The molecule has 8 N–H and O–H groups in total. The van der Waals surface area contributed by atoms with Gasteiger partial charge in [0.25, 0.3) is 5.91 Å². The number of hydrogen-bond donors (Lipinski definition) is 8. The number of likely N-dealkylation sites (N-methyl/N-ethyl adjacent to an activating group) is 1. The quantitative estimate of drug-likeness (QED) is 0.0131. The average molecular weight is 1710 g/mol. The molecule has 1 aliphatic carbocycles. The Morgan fingerprint density at radius 3 is 1.51 bits per heavy atom. The normalized spacial score (nSPS) is 18.4. The second-order valence-corrected chi connectivity index (χ2v) is 38.2. The molecule has 1 aromatic heterocycles. The Morgan fingerprint density at radius 2 is 1.02 bits per heavy atom. The zero-order chi connectivity index (χ0) is 89.4. The molecule has 29 heteroatoms. The van der Waals surface area contributed by atoms with Crippen molar-refractivity contribution in [1.82, 2.24) is 66.7 Å². The van der Waals surface area contributed by atoms with Crippen LogP contribution in [-0.2, 0) is 95.0 Å². The van der Waals surface area contributed by atoms with E-state index in [0.717, 1.165) is 34.4 Å². The molecule has 2 saturated heterocycles. The summed E-state index contributed by atoms with van der Waals surface area (Å²) in [4.78, 5) is 151. The van der Waals surface area contributed by atoms with Gasteiger partial charge in [0.15, 0.2) is 0 Å². The first kappa shape index (κ1) is 93.9. The molecule has 123 heavy (non-hydrogen) atoms.